The number of aromatic carboxylic acids is 1. The van der Waals surface area contributed by atoms with Crippen molar-refractivity contribution in [3.63, 3.8) is 0 Å². The van der Waals surface area contributed by atoms with Crippen molar-refractivity contribution in [2.45, 2.75) is 38.8 Å². The fraction of sp³-hybridized carbons (Fsp3) is 0.538. The lowest BCUT2D eigenvalue weighted by Gasteiger charge is -2.31. The van der Waals surface area contributed by atoms with Crippen LogP contribution >= 0.6 is 0 Å². The molecule has 2 rings (SSSR count). The molecule has 0 aromatic carbocycles. The highest BCUT2D eigenvalue weighted by molar-refractivity contribution is 5.86. The molecule has 0 atom stereocenters. The largest absolute Gasteiger partial charge is 0.477 e. The molecular formula is C13H18N2O2. The molecule has 0 saturated carbocycles. The molecule has 1 N–H and O–H groups in total. The van der Waals surface area contributed by atoms with Crippen LogP contribution in [0.15, 0.2) is 18.3 Å². The number of carboxylic acid groups (broad SMARTS) is 1. The fourth-order valence-corrected chi connectivity index (χ4v) is 2.42. The van der Waals surface area contributed by atoms with Gasteiger partial charge in [-0.3, -0.25) is 4.90 Å². The van der Waals surface area contributed by atoms with Gasteiger partial charge in [-0.1, -0.05) is 6.07 Å². The van der Waals surface area contributed by atoms with Crippen molar-refractivity contribution in [2.75, 3.05) is 6.54 Å². The zero-order valence-corrected chi connectivity index (χ0v) is 10.3. The van der Waals surface area contributed by atoms with Crippen LogP contribution in [0.3, 0.4) is 0 Å². The predicted molar refractivity (Wildman–Crippen MR) is 64.9 cm³/mol. The summed E-state index contributed by atoms with van der Waals surface area (Å²) in [6.45, 7) is 6.11. The quantitative estimate of drug-likeness (QED) is 0.870. The Morgan fingerprint density at radius 2 is 2.35 bits per heavy atom. The SMILES string of the molecule is CC1(C)CCCN1Cc1cccnc1C(=O)O. The van der Waals surface area contributed by atoms with Gasteiger partial charge in [0, 0.05) is 18.3 Å². The number of hydrogen-bond acceptors (Lipinski definition) is 3. The summed E-state index contributed by atoms with van der Waals surface area (Å²) < 4.78 is 0. The topological polar surface area (TPSA) is 53.4 Å². The van der Waals surface area contributed by atoms with Crippen LogP contribution in [0.4, 0.5) is 0 Å². The van der Waals surface area contributed by atoms with Crippen molar-refractivity contribution in [3.8, 4) is 0 Å². The maximum Gasteiger partial charge on any atom is 0.354 e. The summed E-state index contributed by atoms with van der Waals surface area (Å²) in [5, 5.41) is 9.09. The monoisotopic (exact) mass is 234 g/mol. The third-order valence-electron chi connectivity index (χ3n) is 3.53. The van der Waals surface area contributed by atoms with Crippen LogP contribution in [-0.2, 0) is 6.54 Å². The maximum atomic E-state index is 11.1. The number of hydrogen-bond donors (Lipinski definition) is 1. The summed E-state index contributed by atoms with van der Waals surface area (Å²) in [6.07, 6.45) is 3.87. The predicted octanol–water partition coefficient (Wildman–Crippen LogP) is 2.15. The zero-order valence-electron chi connectivity index (χ0n) is 10.3. The minimum absolute atomic E-state index is 0.158. The van der Waals surface area contributed by atoms with Crippen molar-refractivity contribution in [1.29, 1.82) is 0 Å². The van der Waals surface area contributed by atoms with Gasteiger partial charge in [-0.05, 0) is 44.9 Å². The first-order valence-electron chi connectivity index (χ1n) is 5.93. The van der Waals surface area contributed by atoms with E-state index in [-0.39, 0.29) is 11.2 Å². The van der Waals surface area contributed by atoms with Crippen molar-refractivity contribution < 1.29 is 9.90 Å². The van der Waals surface area contributed by atoms with Gasteiger partial charge in [0.25, 0.3) is 0 Å². The standard InChI is InChI=1S/C13H18N2O2/c1-13(2)6-4-8-15(13)9-10-5-3-7-14-11(10)12(16)17/h3,5,7H,4,6,8-9H2,1-2H3,(H,16,17). The summed E-state index contributed by atoms with van der Waals surface area (Å²) in [5.74, 6) is -0.947. The number of pyridine rings is 1. The molecule has 1 aromatic heterocycles. The second-order valence-electron chi connectivity index (χ2n) is 5.15. The Morgan fingerprint density at radius 3 is 2.94 bits per heavy atom. The molecule has 1 saturated heterocycles. The lowest BCUT2D eigenvalue weighted by molar-refractivity contribution is 0.0686. The molecule has 1 aliphatic rings. The Hall–Kier alpha value is -1.42. The van der Waals surface area contributed by atoms with Crippen LogP contribution in [0, 0.1) is 0 Å². The van der Waals surface area contributed by atoms with Gasteiger partial charge in [0.15, 0.2) is 5.69 Å². The summed E-state index contributed by atoms with van der Waals surface area (Å²) in [5.41, 5.74) is 1.14. The average molecular weight is 234 g/mol. The lowest BCUT2D eigenvalue weighted by atomic mass is 10.0. The summed E-state index contributed by atoms with van der Waals surface area (Å²) >= 11 is 0. The van der Waals surface area contributed by atoms with Crippen LogP contribution in [0.1, 0.15) is 42.7 Å². The number of nitrogens with zero attached hydrogens (tertiary/aromatic N) is 2. The molecule has 4 nitrogen and oxygen atoms in total. The van der Waals surface area contributed by atoms with Crippen LogP contribution < -0.4 is 0 Å². The fourth-order valence-electron chi connectivity index (χ4n) is 2.42. The van der Waals surface area contributed by atoms with E-state index in [0.29, 0.717) is 6.54 Å². The Kier molecular flexibility index (Phi) is 3.15. The molecule has 1 aromatic rings. The van der Waals surface area contributed by atoms with Gasteiger partial charge in [0.1, 0.15) is 0 Å². The lowest BCUT2D eigenvalue weighted by Crippen LogP contribution is -2.37. The first kappa shape index (κ1) is 12.0. The van der Waals surface area contributed by atoms with Gasteiger partial charge < -0.3 is 5.11 Å². The second-order valence-corrected chi connectivity index (χ2v) is 5.15. The van der Waals surface area contributed by atoms with Gasteiger partial charge in [-0.15, -0.1) is 0 Å². The van der Waals surface area contributed by atoms with E-state index < -0.39 is 5.97 Å². The molecule has 0 bridgehead atoms. The highest BCUT2D eigenvalue weighted by Gasteiger charge is 2.32. The Balaban J connectivity index is 2.21. The van der Waals surface area contributed by atoms with Crippen LogP contribution in [-0.4, -0.2) is 33.0 Å². The van der Waals surface area contributed by atoms with Crippen LogP contribution in [0.2, 0.25) is 0 Å². The molecule has 92 valence electrons. The van der Waals surface area contributed by atoms with Gasteiger partial charge in [0.05, 0.1) is 0 Å². The smallest absolute Gasteiger partial charge is 0.354 e. The Morgan fingerprint density at radius 1 is 1.59 bits per heavy atom. The van der Waals surface area contributed by atoms with Crippen molar-refractivity contribution in [1.82, 2.24) is 9.88 Å². The first-order valence-corrected chi connectivity index (χ1v) is 5.93. The number of carbonyl (C=O) groups is 1. The van der Waals surface area contributed by atoms with Gasteiger partial charge in [0.2, 0.25) is 0 Å². The third kappa shape index (κ3) is 2.47. The molecule has 0 amide bonds. The summed E-state index contributed by atoms with van der Waals surface area (Å²) in [4.78, 5) is 17.3. The van der Waals surface area contributed by atoms with Crippen LogP contribution in [0.5, 0.6) is 0 Å². The average Bonchev–Trinajstić information content (AvgIpc) is 2.59. The van der Waals surface area contributed by atoms with Crippen molar-refractivity contribution in [2.24, 2.45) is 0 Å². The number of likely N-dealkylation sites (tertiary alicyclic amines) is 1. The molecule has 0 unspecified atom stereocenters. The Labute approximate surface area is 101 Å². The summed E-state index contributed by atoms with van der Waals surface area (Å²) in [7, 11) is 0. The van der Waals surface area contributed by atoms with E-state index in [1.165, 1.54) is 12.6 Å². The van der Waals surface area contributed by atoms with E-state index in [4.69, 9.17) is 5.11 Å². The minimum Gasteiger partial charge on any atom is -0.477 e. The zero-order chi connectivity index (χ0) is 12.5. The Bertz CT molecular complexity index is 429. The molecule has 4 heteroatoms. The molecule has 2 heterocycles. The molecule has 0 aliphatic carbocycles. The minimum atomic E-state index is -0.947. The van der Waals surface area contributed by atoms with E-state index in [9.17, 15) is 4.79 Å². The van der Waals surface area contributed by atoms with Gasteiger partial charge >= 0.3 is 5.97 Å². The number of aromatic nitrogens is 1. The van der Waals surface area contributed by atoms with E-state index in [2.05, 4.69) is 23.7 Å². The number of rotatable bonds is 3. The second kappa shape index (κ2) is 4.45. The highest BCUT2D eigenvalue weighted by Crippen LogP contribution is 2.30. The normalized spacial score (nSPS) is 19.4. The maximum absolute atomic E-state index is 11.1. The van der Waals surface area contributed by atoms with Crippen molar-refractivity contribution in [3.05, 3.63) is 29.6 Å². The molecular weight excluding hydrogens is 216 g/mol. The molecule has 1 fully saturated rings. The molecule has 1 aliphatic heterocycles. The molecule has 0 radical (unpaired) electrons. The summed E-state index contributed by atoms with van der Waals surface area (Å²) in [6, 6.07) is 3.65. The van der Waals surface area contributed by atoms with E-state index in [1.54, 1.807) is 6.07 Å². The molecule has 17 heavy (non-hydrogen) atoms. The van der Waals surface area contributed by atoms with E-state index in [1.807, 2.05) is 6.07 Å². The first-order chi connectivity index (χ1) is 8.00. The number of carboxylic acids is 1. The van der Waals surface area contributed by atoms with E-state index >= 15 is 0 Å². The van der Waals surface area contributed by atoms with Crippen LogP contribution in [0.25, 0.3) is 0 Å². The molecule has 0 spiro atoms. The highest BCUT2D eigenvalue weighted by atomic mass is 16.4. The third-order valence-corrected chi connectivity index (χ3v) is 3.53. The van der Waals surface area contributed by atoms with Gasteiger partial charge in [-0.25, -0.2) is 9.78 Å². The van der Waals surface area contributed by atoms with Crippen molar-refractivity contribution >= 4 is 5.97 Å². The van der Waals surface area contributed by atoms with Gasteiger partial charge in [-0.2, -0.15) is 0 Å². The van der Waals surface area contributed by atoms with E-state index in [0.717, 1.165) is 18.5 Å².